The fourth-order valence-corrected chi connectivity index (χ4v) is 3.15. The minimum absolute atomic E-state index is 0.0474. The summed E-state index contributed by atoms with van der Waals surface area (Å²) >= 11 is 12.3. The lowest BCUT2D eigenvalue weighted by atomic mass is 10.1. The van der Waals surface area contributed by atoms with Crippen LogP contribution in [0.4, 0.5) is 0 Å². The van der Waals surface area contributed by atoms with Crippen molar-refractivity contribution in [2.75, 3.05) is 26.2 Å². The van der Waals surface area contributed by atoms with E-state index in [9.17, 15) is 4.79 Å². The van der Waals surface area contributed by atoms with E-state index in [2.05, 4.69) is 15.0 Å². The Morgan fingerprint density at radius 3 is 2.33 bits per heavy atom. The van der Waals surface area contributed by atoms with Crippen LogP contribution < -0.4 is 0 Å². The Balaban J connectivity index is 1.61. The van der Waals surface area contributed by atoms with Crippen LogP contribution in [0.15, 0.2) is 16.7 Å². The lowest BCUT2D eigenvalue weighted by molar-refractivity contribution is 0.0624. The highest BCUT2D eigenvalue weighted by Crippen LogP contribution is 2.26. The SMILES string of the molecule is Cc1nc(CN2CCN(C(=O)c3cc(Cl)c(C)c(Cl)c3)CC2)no1. The summed E-state index contributed by atoms with van der Waals surface area (Å²) in [6, 6.07) is 3.36. The van der Waals surface area contributed by atoms with E-state index in [1.807, 2.05) is 11.8 Å². The number of halogens is 2. The maximum Gasteiger partial charge on any atom is 0.254 e. The number of benzene rings is 1. The van der Waals surface area contributed by atoms with Crippen LogP contribution in [-0.2, 0) is 6.54 Å². The molecule has 1 aromatic heterocycles. The molecule has 1 amide bonds. The summed E-state index contributed by atoms with van der Waals surface area (Å²) in [7, 11) is 0. The molecule has 2 aromatic rings. The van der Waals surface area contributed by atoms with Crippen molar-refractivity contribution < 1.29 is 9.32 Å². The molecule has 8 heteroatoms. The van der Waals surface area contributed by atoms with Crippen molar-refractivity contribution in [2.45, 2.75) is 20.4 Å². The summed E-state index contributed by atoms with van der Waals surface area (Å²) in [6.07, 6.45) is 0. The van der Waals surface area contributed by atoms with Crippen molar-refractivity contribution >= 4 is 29.1 Å². The van der Waals surface area contributed by atoms with Crippen LogP contribution in [0.3, 0.4) is 0 Å². The smallest absolute Gasteiger partial charge is 0.254 e. The molecule has 2 heterocycles. The van der Waals surface area contributed by atoms with Gasteiger partial charge in [-0.05, 0) is 24.6 Å². The minimum atomic E-state index is -0.0474. The molecule has 0 aliphatic carbocycles. The first-order valence-corrected chi connectivity index (χ1v) is 8.46. The normalized spacial score (nSPS) is 15.8. The summed E-state index contributed by atoms with van der Waals surface area (Å²) in [4.78, 5) is 20.9. The monoisotopic (exact) mass is 368 g/mol. The lowest BCUT2D eigenvalue weighted by Crippen LogP contribution is -2.48. The van der Waals surface area contributed by atoms with Gasteiger partial charge in [0.25, 0.3) is 5.91 Å². The van der Waals surface area contributed by atoms with Crippen molar-refractivity contribution in [1.82, 2.24) is 19.9 Å². The Morgan fingerprint density at radius 2 is 1.79 bits per heavy atom. The molecule has 0 bridgehead atoms. The van der Waals surface area contributed by atoms with E-state index in [4.69, 9.17) is 27.7 Å². The van der Waals surface area contributed by atoms with Gasteiger partial charge in [0.15, 0.2) is 5.82 Å². The van der Waals surface area contributed by atoms with Crippen LogP contribution in [0.25, 0.3) is 0 Å². The number of carbonyl (C=O) groups excluding carboxylic acids is 1. The predicted molar refractivity (Wildman–Crippen MR) is 91.4 cm³/mol. The number of aromatic nitrogens is 2. The zero-order chi connectivity index (χ0) is 17.3. The molecule has 24 heavy (non-hydrogen) atoms. The zero-order valence-electron chi connectivity index (χ0n) is 13.6. The number of hydrogen-bond acceptors (Lipinski definition) is 5. The second-order valence-electron chi connectivity index (χ2n) is 5.86. The van der Waals surface area contributed by atoms with Gasteiger partial charge in [-0.2, -0.15) is 4.98 Å². The Kier molecular flexibility index (Phi) is 5.08. The van der Waals surface area contributed by atoms with Gasteiger partial charge in [-0.15, -0.1) is 0 Å². The molecule has 0 spiro atoms. The first kappa shape index (κ1) is 17.2. The van der Waals surface area contributed by atoms with Crippen molar-refractivity contribution in [2.24, 2.45) is 0 Å². The Labute approximate surface area is 150 Å². The van der Waals surface area contributed by atoms with E-state index in [0.29, 0.717) is 47.0 Å². The average Bonchev–Trinajstić information content (AvgIpc) is 2.97. The van der Waals surface area contributed by atoms with Gasteiger partial charge in [-0.3, -0.25) is 9.69 Å². The average molecular weight is 369 g/mol. The molecule has 6 nitrogen and oxygen atoms in total. The molecule has 1 aliphatic heterocycles. The highest BCUT2D eigenvalue weighted by atomic mass is 35.5. The number of piperazine rings is 1. The highest BCUT2D eigenvalue weighted by molar-refractivity contribution is 6.36. The fourth-order valence-electron chi connectivity index (χ4n) is 2.67. The van der Waals surface area contributed by atoms with Gasteiger partial charge in [0.05, 0.1) is 6.54 Å². The molecule has 1 aromatic carbocycles. The van der Waals surface area contributed by atoms with Crippen molar-refractivity contribution in [3.05, 3.63) is 45.0 Å². The summed E-state index contributed by atoms with van der Waals surface area (Å²) in [5.41, 5.74) is 1.31. The zero-order valence-corrected chi connectivity index (χ0v) is 15.1. The second kappa shape index (κ2) is 7.09. The Bertz CT molecular complexity index is 731. The number of nitrogens with zero attached hydrogens (tertiary/aromatic N) is 4. The van der Waals surface area contributed by atoms with Gasteiger partial charge in [-0.25, -0.2) is 0 Å². The van der Waals surface area contributed by atoms with Gasteiger partial charge >= 0.3 is 0 Å². The third-order valence-corrected chi connectivity index (χ3v) is 4.91. The molecule has 1 aliphatic rings. The highest BCUT2D eigenvalue weighted by Gasteiger charge is 2.24. The minimum Gasteiger partial charge on any atom is -0.340 e. The second-order valence-corrected chi connectivity index (χ2v) is 6.68. The molecule has 0 N–H and O–H groups in total. The van der Waals surface area contributed by atoms with E-state index >= 15 is 0 Å². The van der Waals surface area contributed by atoms with Crippen LogP contribution in [-0.4, -0.2) is 52.0 Å². The van der Waals surface area contributed by atoms with E-state index < -0.39 is 0 Å². The largest absolute Gasteiger partial charge is 0.340 e. The van der Waals surface area contributed by atoms with E-state index in [1.54, 1.807) is 19.1 Å². The molecular formula is C16H18Cl2N4O2. The molecule has 0 unspecified atom stereocenters. The lowest BCUT2D eigenvalue weighted by Gasteiger charge is -2.34. The van der Waals surface area contributed by atoms with E-state index in [0.717, 1.165) is 18.7 Å². The summed E-state index contributed by atoms with van der Waals surface area (Å²) in [5.74, 6) is 1.19. The first-order chi connectivity index (χ1) is 11.4. The first-order valence-electron chi connectivity index (χ1n) is 7.70. The fraction of sp³-hybridized carbons (Fsp3) is 0.438. The van der Waals surface area contributed by atoms with Crippen LogP contribution in [0.1, 0.15) is 27.6 Å². The molecule has 0 atom stereocenters. The third kappa shape index (κ3) is 3.71. The Morgan fingerprint density at radius 1 is 1.17 bits per heavy atom. The number of rotatable bonds is 3. The van der Waals surface area contributed by atoms with Crippen LogP contribution in [0.2, 0.25) is 10.0 Å². The molecule has 1 saturated heterocycles. The standard InChI is InChI=1S/C16H18Cl2N4O2/c1-10-13(17)7-12(8-14(10)18)16(23)22-5-3-21(4-6-22)9-15-19-11(2)24-20-15/h7-8H,3-6,9H2,1-2H3. The number of hydrogen-bond donors (Lipinski definition) is 0. The number of amides is 1. The maximum absolute atomic E-state index is 12.6. The van der Waals surface area contributed by atoms with Crippen molar-refractivity contribution in [3.8, 4) is 0 Å². The van der Waals surface area contributed by atoms with E-state index in [-0.39, 0.29) is 5.91 Å². The molecular weight excluding hydrogens is 351 g/mol. The topological polar surface area (TPSA) is 62.5 Å². The van der Waals surface area contributed by atoms with Crippen molar-refractivity contribution in [1.29, 1.82) is 0 Å². The van der Waals surface area contributed by atoms with Crippen LogP contribution in [0.5, 0.6) is 0 Å². The molecule has 128 valence electrons. The van der Waals surface area contributed by atoms with Gasteiger partial charge in [0.2, 0.25) is 5.89 Å². The molecule has 1 fully saturated rings. The maximum atomic E-state index is 12.6. The van der Waals surface area contributed by atoms with Crippen molar-refractivity contribution in [3.63, 3.8) is 0 Å². The quantitative estimate of drug-likeness (QED) is 0.833. The van der Waals surface area contributed by atoms with Gasteiger partial charge in [0, 0.05) is 48.7 Å². The third-order valence-electron chi connectivity index (χ3n) is 4.12. The summed E-state index contributed by atoms with van der Waals surface area (Å²) in [6.45, 7) is 7.01. The van der Waals surface area contributed by atoms with Gasteiger partial charge < -0.3 is 9.42 Å². The van der Waals surface area contributed by atoms with Gasteiger partial charge in [-0.1, -0.05) is 28.4 Å². The van der Waals surface area contributed by atoms with Crippen LogP contribution >= 0.6 is 23.2 Å². The summed E-state index contributed by atoms with van der Waals surface area (Å²) in [5, 5.41) is 4.92. The molecule has 0 radical (unpaired) electrons. The van der Waals surface area contributed by atoms with E-state index in [1.165, 1.54) is 0 Å². The molecule has 3 rings (SSSR count). The van der Waals surface area contributed by atoms with Gasteiger partial charge in [0.1, 0.15) is 0 Å². The molecule has 0 saturated carbocycles. The van der Waals surface area contributed by atoms with Crippen LogP contribution in [0, 0.1) is 13.8 Å². The predicted octanol–water partition coefficient (Wildman–Crippen LogP) is 2.95. The Hall–Kier alpha value is -1.63. The number of aryl methyl sites for hydroxylation is 1. The summed E-state index contributed by atoms with van der Waals surface area (Å²) < 4.78 is 4.98. The number of carbonyl (C=O) groups is 1.